The zero-order chi connectivity index (χ0) is 17.3. The van der Waals surface area contributed by atoms with Crippen molar-refractivity contribution in [2.24, 2.45) is 0 Å². The Bertz CT molecular complexity index is 754. The summed E-state index contributed by atoms with van der Waals surface area (Å²) >= 11 is 0. The van der Waals surface area contributed by atoms with E-state index in [0.717, 1.165) is 13.1 Å². The van der Waals surface area contributed by atoms with Crippen LogP contribution in [0.2, 0.25) is 0 Å². The van der Waals surface area contributed by atoms with Gasteiger partial charge in [-0.2, -0.15) is 0 Å². The van der Waals surface area contributed by atoms with Crippen LogP contribution in [0.15, 0.2) is 22.7 Å². The first-order valence-electron chi connectivity index (χ1n) is 7.51. The summed E-state index contributed by atoms with van der Waals surface area (Å²) in [5.74, 6) is -1.26. The zero-order valence-electron chi connectivity index (χ0n) is 13.5. The molecule has 3 rings (SSSR count). The molecule has 1 aliphatic heterocycles. The van der Waals surface area contributed by atoms with Crippen LogP contribution in [-0.4, -0.2) is 61.5 Å². The van der Waals surface area contributed by atoms with E-state index in [1.165, 1.54) is 25.3 Å². The predicted molar refractivity (Wildman–Crippen MR) is 85.1 cm³/mol. The lowest BCUT2D eigenvalue weighted by molar-refractivity contribution is 0.0697. The van der Waals surface area contributed by atoms with Gasteiger partial charge in [-0.1, -0.05) is 5.16 Å². The van der Waals surface area contributed by atoms with Gasteiger partial charge in [-0.25, -0.2) is 9.18 Å². The van der Waals surface area contributed by atoms with Crippen molar-refractivity contribution >= 4 is 11.8 Å². The number of carboxylic acid groups (broad SMARTS) is 1. The van der Waals surface area contributed by atoms with E-state index < -0.39 is 11.8 Å². The summed E-state index contributed by atoms with van der Waals surface area (Å²) in [5.41, 5.74) is 0.381. The number of carboxylic acids is 1. The first-order valence-corrected chi connectivity index (χ1v) is 7.51. The minimum Gasteiger partial charge on any atom is -0.494 e. The van der Waals surface area contributed by atoms with Crippen LogP contribution in [0.4, 0.5) is 10.2 Å². The lowest BCUT2D eigenvalue weighted by Gasteiger charge is -2.32. The topological polar surface area (TPSA) is 79.0 Å². The number of halogens is 1. The Balaban J connectivity index is 2.02. The lowest BCUT2D eigenvalue weighted by atomic mass is 10.1. The average Bonchev–Trinajstić information content (AvgIpc) is 3.01. The molecule has 0 saturated carbocycles. The van der Waals surface area contributed by atoms with Crippen molar-refractivity contribution in [2.45, 2.75) is 0 Å². The maximum Gasteiger partial charge on any atom is 0.343 e. The van der Waals surface area contributed by atoms with Crippen LogP contribution in [0.5, 0.6) is 5.75 Å². The molecule has 7 nitrogen and oxygen atoms in total. The molecule has 0 amide bonds. The number of piperazine rings is 1. The first kappa shape index (κ1) is 16.3. The molecule has 0 atom stereocenters. The summed E-state index contributed by atoms with van der Waals surface area (Å²) in [6.07, 6.45) is 0. The molecule has 1 saturated heterocycles. The van der Waals surface area contributed by atoms with Crippen LogP contribution in [0.1, 0.15) is 10.4 Å². The van der Waals surface area contributed by atoms with Gasteiger partial charge < -0.3 is 24.2 Å². The third-order valence-corrected chi connectivity index (χ3v) is 4.10. The molecule has 0 radical (unpaired) electrons. The molecule has 0 aliphatic carbocycles. The van der Waals surface area contributed by atoms with Crippen molar-refractivity contribution in [3.8, 4) is 17.1 Å². The second kappa shape index (κ2) is 6.48. The molecular weight excluding hydrogens is 317 g/mol. The highest BCUT2D eigenvalue weighted by molar-refractivity contribution is 5.99. The number of hydrogen-bond donors (Lipinski definition) is 1. The van der Waals surface area contributed by atoms with Crippen molar-refractivity contribution in [3.05, 3.63) is 29.6 Å². The number of ether oxygens (including phenoxy) is 1. The highest BCUT2D eigenvalue weighted by Crippen LogP contribution is 2.34. The molecule has 1 N–H and O–H groups in total. The van der Waals surface area contributed by atoms with E-state index >= 15 is 0 Å². The SMILES string of the molecule is COc1cc(-c2onc(N3CCN(C)CC3)c2C(=O)O)ccc1F. The highest BCUT2D eigenvalue weighted by Gasteiger charge is 2.29. The van der Waals surface area contributed by atoms with Gasteiger partial charge in [-0.15, -0.1) is 0 Å². The maximum atomic E-state index is 13.6. The molecule has 0 spiro atoms. The van der Waals surface area contributed by atoms with Gasteiger partial charge >= 0.3 is 5.97 Å². The third kappa shape index (κ3) is 2.92. The van der Waals surface area contributed by atoms with Gasteiger partial charge in [0, 0.05) is 31.7 Å². The Hall–Kier alpha value is -2.61. The van der Waals surface area contributed by atoms with E-state index in [4.69, 9.17) is 9.26 Å². The van der Waals surface area contributed by atoms with Crippen LogP contribution < -0.4 is 9.64 Å². The fourth-order valence-corrected chi connectivity index (χ4v) is 2.71. The van der Waals surface area contributed by atoms with Crippen molar-refractivity contribution in [1.82, 2.24) is 10.1 Å². The normalized spacial score (nSPS) is 15.5. The summed E-state index contributed by atoms with van der Waals surface area (Å²) in [4.78, 5) is 15.8. The average molecular weight is 335 g/mol. The van der Waals surface area contributed by atoms with Gasteiger partial charge in [-0.3, -0.25) is 0 Å². The number of aromatic carboxylic acids is 1. The van der Waals surface area contributed by atoms with E-state index in [1.807, 2.05) is 11.9 Å². The van der Waals surface area contributed by atoms with Gasteiger partial charge in [0.05, 0.1) is 7.11 Å². The fraction of sp³-hybridized carbons (Fsp3) is 0.375. The van der Waals surface area contributed by atoms with E-state index in [1.54, 1.807) is 0 Å². The molecule has 1 fully saturated rings. The molecule has 1 aromatic heterocycles. The molecule has 24 heavy (non-hydrogen) atoms. The Morgan fingerprint density at radius 1 is 1.33 bits per heavy atom. The summed E-state index contributed by atoms with van der Waals surface area (Å²) in [7, 11) is 3.35. The Morgan fingerprint density at radius 2 is 2.04 bits per heavy atom. The largest absolute Gasteiger partial charge is 0.494 e. The van der Waals surface area contributed by atoms with Crippen molar-refractivity contribution in [3.63, 3.8) is 0 Å². The monoisotopic (exact) mass is 335 g/mol. The number of benzene rings is 1. The number of hydrogen-bond acceptors (Lipinski definition) is 6. The number of rotatable bonds is 4. The standard InChI is InChI=1S/C16H18FN3O4/c1-19-5-7-20(8-6-19)15-13(16(21)22)14(24-18-15)10-3-4-11(17)12(9-10)23-2/h3-4,9H,5-8H2,1-2H3,(H,21,22). The summed E-state index contributed by atoms with van der Waals surface area (Å²) in [5, 5.41) is 13.6. The quantitative estimate of drug-likeness (QED) is 0.914. The number of aromatic nitrogens is 1. The fourth-order valence-electron chi connectivity index (χ4n) is 2.71. The van der Waals surface area contributed by atoms with Crippen LogP contribution in [-0.2, 0) is 0 Å². The molecule has 8 heteroatoms. The second-order valence-corrected chi connectivity index (χ2v) is 5.66. The molecule has 128 valence electrons. The third-order valence-electron chi connectivity index (χ3n) is 4.10. The number of carbonyl (C=O) groups is 1. The number of likely N-dealkylation sites (N-methyl/N-ethyl adjacent to an activating group) is 1. The van der Waals surface area contributed by atoms with Crippen LogP contribution >= 0.6 is 0 Å². The van der Waals surface area contributed by atoms with E-state index in [2.05, 4.69) is 10.1 Å². The number of methoxy groups -OCH3 is 1. The summed E-state index contributed by atoms with van der Waals surface area (Å²) in [6.45, 7) is 2.95. The van der Waals surface area contributed by atoms with Gasteiger partial charge in [0.15, 0.2) is 28.7 Å². The zero-order valence-corrected chi connectivity index (χ0v) is 13.5. The van der Waals surface area contributed by atoms with Gasteiger partial charge in [0.25, 0.3) is 0 Å². The molecule has 1 aromatic carbocycles. The Kier molecular flexibility index (Phi) is 4.39. The Labute approximate surface area is 138 Å². The van der Waals surface area contributed by atoms with Crippen LogP contribution in [0.25, 0.3) is 11.3 Å². The van der Waals surface area contributed by atoms with Crippen molar-refractivity contribution in [2.75, 3.05) is 45.2 Å². The van der Waals surface area contributed by atoms with Crippen LogP contribution in [0, 0.1) is 5.82 Å². The van der Waals surface area contributed by atoms with E-state index in [-0.39, 0.29) is 17.1 Å². The van der Waals surface area contributed by atoms with E-state index in [9.17, 15) is 14.3 Å². The number of nitrogens with zero attached hydrogens (tertiary/aromatic N) is 3. The van der Waals surface area contributed by atoms with Gasteiger partial charge in [0.2, 0.25) is 0 Å². The van der Waals surface area contributed by atoms with Crippen molar-refractivity contribution in [1.29, 1.82) is 0 Å². The first-order chi connectivity index (χ1) is 11.5. The molecule has 0 bridgehead atoms. The predicted octanol–water partition coefficient (Wildman–Crippen LogP) is 1.94. The second-order valence-electron chi connectivity index (χ2n) is 5.66. The molecule has 2 aromatic rings. The summed E-state index contributed by atoms with van der Waals surface area (Å²) < 4.78 is 23.8. The Morgan fingerprint density at radius 3 is 2.67 bits per heavy atom. The van der Waals surface area contributed by atoms with Crippen LogP contribution in [0.3, 0.4) is 0 Å². The summed E-state index contributed by atoms with van der Waals surface area (Å²) in [6, 6.07) is 4.05. The maximum absolute atomic E-state index is 13.6. The molecule has 1 aliphatic rings. The number of anilines is 1. The smallest absolute Gasteiger partial charge is 0.343 e. The molecule has 2 heterocycles. The molecule has 0 unspecified atom stereocenters. The van der Waals surface area contributed by atoms with Gasteiger partial charge in [0.1, 0.15) is 0 Å². The van der Waals surface area contributed by atoms with Crippen molar-refractivity contribution < 1.29 is 23.6 Å². The van der Waals surface area contributed by atoms with Gasteiger partial charge in [-0.05, 0) is 25.2 Å². The minimum atomic E-state index is -1.14. The lowest BCUT2D eigenvalue weighted by Crippen LogP contribution is -2.45. The molecular formula is C16H18FN3O4. The van der Waals surface area contributed by atoms with E-state index in [0.29, 0.717) is 24.5 Å². The minimum absolute atomic E-state index is 0.0152. The highest BCUT2D eigenvalue weighted by atomic mass is 19.1.